The number of nitrogens with zero attached hydrogens (tertiary/aromatic N) is 2. The lowest BCUT2D eigenvalue weighted by molar-refractivity contribution is -0.128. The summed E-state index contributed by atoms with van der Waals surface area (Å²) in [6.07, 6.45) is 1.32. The largest absolute Gasteiger partial charge is 0.495 e. The molecule has 0 spiro atoms. The first kappa shape index (κ1) is 24.7. The van der Waals surface area contributed by atoms with E-state index in [4.69, 9.17) is 4.74 Å². The molecule has 178 valence electrons. The average Bonchev–Trinajstić information content (AvgIpc) is 3.23. The van der Waals surface area contributed by atoms with E-state index in [1.807, 2.05) is 30.3 Å². The number of hydrogen-bond acceptors (Lipinski definition) is 5. The molecular formula is C24H31N3O5S. The van der Waals surface area contributed by atoms with Gasteiger partial charge in [0.05, 0.1) is 13.2 Å². The molecule has 0 aromatic heterocycles. The van der Waals surface area contributed by atoms with E-state index in [9.17, 15) is 18.0 Å². The van der Waals surface area contributed by atoms with Crippen LogP contribution in [0.5, 0.6) is 5.75 Å². The first-order valence-electron chi connectivity index (χ1n) is 11.1. The zero-order valence-electron chi connectivity index (χ0n) is 19.3. The SMILES string of the molecule is CCN(CC)S(=O)(=O)c1cc(C(=O)NC(CN2CCCC2=O)c2ccccc2)ccc1OC. The second kappa shape index (κ2) is 10.8. The van der Waals surface area contributed by atoms with Crippen molar-refractivity contribution in [3.63, 3.8) is 0 Å². The van der Waals surface area contributed by atoms with Crippen molar-refractivity contribution in [1.82, 2.24) is 14.5 Å². The highest BCUT2D eigenvalue weighted by molar-refractivity contribution is 7.89. The monoisotopic (exact) mass is 473 g/mol. The van der Waals surface area contributed by atoms with Crippen LogP contribution in [0.2, 0.25) is 0 Å². The van der Waals surface area contributed by atoms with Crippen molar-refractivity contribution in [2.75, 3.05) is 33.3 Å². The summed E-state index contributed by atoms with van der Waals surface area (Å²) < 4.78 is 32.9. The number of amides is 2. The third kappa shape index (κ3) is 5.54. The summed E-state index contributed by atoms with van der Waals surface area (Å²) in [6.45, 7) is 5.14. The van der Waals surface area contributed by atoms with Gasteiger partial charge < -0.3 is 15.0 Å². The van der Waals surface area contributed by atoms with E-state index in [-0.39, 0.29) is 22.1 Å². The molecule has 1 aliphatic heterocycles. The summed E-state index contributed by atoms with van der Waals surface area (Å²) in [4.78, 5) is 27.1. The number of likely N-dealkylation sites (tertiary alicyclic amines) is 1. The molecule has 0 bridgehead atoms. The molecule has 1 unspecified atom stereocenters. The third-order valence-electron chi connectivity index (χ3n) is 5.83. The Labute approximate surface area is 195 Å². The first-order chi connectivity index (χ1) is 15.8. The van der Waals surface area contributed by atoms with E-state index in [2.05, 4.69) is 5.32 Å². The van der Waals surface area contributed by atoms with E-state index in [0.717, 1.165) is 12.0 Å². The lowest BCUT2D eigenvalue weighted by Crippen LogP contribution is -2.38. The van der Waals surface area contributed by atoms with Crippen LogP contribution in [0, 0.1) is 0 Å². The third-order valence-corrected chi connectivity index (χ3v) is 7.90. The molecule has 2 aromatic rings. The molecule has 2 amide bonds. The highest BCUT2D eigenvalue weighted by Crippen LogP contribution is 2.28. The molecule has 1 N–H and O–H groups in total. The molecule has 0 aliphatic carbocycles. The Balaban J connectivity index is 1.91. The number of benzene rings is 2. The predicted molar refractivity (Wildman–Crippen MR) is 126 cm³/mol. The number of carbonyl (C=O) groups is 2. The Morgan fingerprint density at radius 2 is 1.85 bits per heavy atom. The number of sulfonamides is 1. The van der Waals surface area contributed by atoms with Crippen LogP contribution in [0.15, 0.2) is 53.4 Å². The van der Waals surface area contributed by atoms with Crippen LogP contribution in [0.25, 0.3) is 0 Å². The zero-order chi connectivity index (χ0) is 24.0. The second-order valence-electron chi connectivity index (χ2n) is 7.84. The van der Waals surface area contributed by atoms with Crippen LogP contribution in [0.1, 0.15) is 48.7 Å². The Bertz CT molecular complexity index is 1080. The minimum atomic E-state index is -3.83. The fourth-order valence-corrected chi connectivity index (χ4v) is 5.64. The van der Waals surface area contributed by atoms with Crippen molar-refractivity contribution in [3.05, 3.63) is 59.7 Å². The van der Waals surface area contributed by atoms with E-state index >= 15 is 0 Å². The van der Waals surface area contributed by atoms with Gasteiger partial charge >= 0.3 is 0 Å². The van der Waals surface area contributed by atoms with Crippen molar-refractivity contribution in [2.45, 2.75) is 37.6 Å². The van der Waals surface area contributed by atoms with E-state index in [1.165, 1.54) is 23.5 Å². The Kier molecular flexibility index (Phi) is 8.10. The van der Waals surface area contributed by atoms with E-state index in [1.54, 1.807) is 24.8 Å². The van der Waals surface area contributed by atoms with Crippen molar-refractivity contribution in [3.8, 4) is 5.75 Å². The van der Waals surface area contributed by atoms with Crippen molar-refractivity contribution in [2.24, 2.45) is 0 Å². The van der Waals surface area contributed by atoms with Crippen molar-refractivity contribution < 1.29 is 22.7 Å². The zero-order valence-corrected chi connectivity index (χ0v) is 20.1. The van der Waals surface area contributed by atoms with Gasteiger partial charge in [0.15, 0.2) is 0 Å². The molecule has 8 nitrogen and oxygen atoms in total. The number of rotatable bonds is 10. The topological polar surface area (TPSA) is 96.0 Å². The quantitative estimate of drug-likeness (QED) is 0.573. The fourth-order valence-electron chi connectivity index (χ4n) is 4.00. The summed E-state index contributed by atoms with van der Waals surface area (Å²) in [7, 11) is -2.43. The van der Waals surface area contributed by atoms with Crippen LogP contribution in [-0.2, 0) is 14.8 Å². The molecule has 1 atom stereocenters. The number of methoxy groups -OCH3 is 1. The van der Waals surface area contributed by atoms with Gasteiger partial charge in [0, 0.05) is 38.2 Å². The Hall–Kier alpha value is -2.91. The maximum atomic E-state index is 13.2. The highest BCUT2D eigenvalue weighted by Gasteiger charge is 2.29. The number of ether oxygens (including phenoxy) is 1. The minimum Gasteiger partial charge on any atom is -0.495 e. The lowest BCUT2D eigenvalue weighted by Gasteiger charge is -2.25. The summed E-state index contributed by atoms with van der Waals surface area (Å²) >= 11 is 0. The van der Waals surface area contributed by atoms with Crippen LogP contribution in [-0.4, -0.2) is 62.7 Å². The number of hydrogen-bond donors (Lipinski definition) is 1. The first-order valence-corrected chi connectivity index (χ1v) is 12.6. The smallest absolute Gasteiger partial charge is 0.251 e. The molecule has 1 fully saturated rings. The predicted octanol–water partition coefficient (Wildman–Crippen LogP) is 2.82. The molecule has 33 heavy (non-hydrogen) atoms. The standard InChI is InChI=1S/C24H31N3O5S/c1-4-27(5-2)33(30,31)22-16-19(13-14-21(22)32-3)24(29)25-20(18-10-7-6-8-11-18)17-26-15-9-12-23(26)28/h6-8,10-11,13-14,16,20H,4-5,9,12,15,17H2,1-3H3,(H,25,29). The molecular weight excluding hydrogens is 442 g/mol. The number of nitrogens with one attached hydrogen (secondary N) is 1. The molecule has 0 saturated carbocycles. The summed E-state index contributed by atoms with van der Waals surface area (Å²) in [5, 5.41) is 2.99. The fraction of sp³-hybridized carbons (Fsp3) is 0.417. The Morgan fingerprint density at radius 1 is 1.15 bits per heavy atom. The summed E-state index contributed by atoms with van der Waals surface area (Å²) in [5.41, 5.74) is 1.07. The van der Waals surface area contributed by atoms with Crippen LogP contribution >= 0.6 is 0 Å². The average molecular weight is 474 g/mol. The van der Waals surface area contributed by atoms with Gasteiger partial charge in [-0.2, -0.15) is 4.31 Å². The molecule has 2 aromatic carbocycles. The van der Waals surface area contributed by atoms with Gasteiger partial charge in [-0.05, 0) is 30.2 Å². The normalized spacial score (nSPS) is 15.0. The maximum absolute atomic E-state index is 13.2. The van der Waals surface area contributed by atoms with Crippen LogP contribution in [0.3, 0.4) is 0 Å². The highest BCUT2D eigenvalue weighted by atomic mass is 32.2. The lowest BCUT2D eigenvalue weighted by atomic mass is 10.1. The van der Waals surface area contributed by atoms with Gasteiger partial charge in [-0.1, -0.05) is 44.2 Å². The van der Waals surface area contributed by atoms with Crippen LogP contribution in [0.4, 0.5) is 0 Å². The summed E-state index contributed by atoms with van der Waals surface area (Å²) in [5.74, 6) is -0.169. The molecule has 3 rings (SSSR count). The van der Waals surface area contributed by atoms with E-state index < -0.39 is 22.0 Å². The molecule has 0 radical (unpaired) electrons. The number of carbonyl (C=O) groups excluding carboxylic acids is 2. The molecule has 9 heteroatoms. The Morgan fingerprint density at radius 3 is 2.42 bits per heavy atom. The maximum Gasteiger partial charge on any atom is 0.251 e. The van der Waals surface area contributed by atoms with Gasteiger partial charge in [-0.15, -0.1) is 0 Å². The second-order valence-corrected chi connectivity index (χ2v) is 9.74. The molecule has 1 aliphatic rings. The van der Waals surface area contributed by atoms with Crippen molar-refractivity contribution >= 4 is 21.8 Å². The molecule has 1 saturated heterocycles. The van der Waals surface area contributed by atoms with Gasteiger partial charge in [0.2, 0.25) is 15.9 Å². The van der Waals surface area contributed by atoms with Gasteiger partial charge in [-0.25, -0.2) is 8.42 Å². The van der Waals surface area contributed by atoms with Crippen LogP contribution < -0.4 is 10.1 Å². The van der Waals surface area contributed by atoms with Gasteiger partial charge in [0.25, 0.3) is 5.91 Å². The minimum absolute atomic E-state index is 0.0488. The van der Waals surface area contributed by atoms with E-state index in [0.29, 0.717) is 32.6 Å². The summed E-state index contributed by atoms with van der Waals surface area (Å²) in [6, 6.07) is 13.4. The van der Waals surface area contributed by atoms with Crippen molar-refractivity contribution in [1.29, 1.82) is 0 Å². The van der Waals surface area contributed by atoms with Gasteiger partial charge in [0.1, 0.15) is 10.6 Å². The molecule has 1 heterocycles. The van der Waals surface area contributed by atoms with Gasteiger partial charge in [-0.3, -0.25) is 9.59 Å².